The number of nitrogens with one attached hydrogen (secondary N) is 1. The van der Waals surface area contributed by atoms with Gasteiger partial charge in [0.2, 0.25) is 0 Å². The highest BCUT2D eigenvalue weighted by molar-refractivity contribution is 7.98. The molecule has 0 amide bonds. The van der Waals surface area contributed by atoms with E-state index >= 15 is 0 Å². The van der Waals surface area contributed by atoms with Gasteiger partial charge in [-0.15, -0.1) is 11.8 Å². The van der Waals surface area contributed by atoms with Crippen LogP contribution >= 0.6 is 11.8 Å². The van der Waals surface area contributed by atoms with Crippen LogP contribution in [0.1, 0.15) is 30.0 Å². The summed E-state index contributed by atoms with van der Waals surface area (Å²) < 4.78 is 0. The van der Waals surface area contributed by atoms with Crippen molar-refractivity contribution in [1.82, 2.24) is 5.32 Å². The van der Waals surface area contributed by atoms with Crippen molar-refractivity contribution in [2.75, 3.05) is 12.8 Å². The summed E-state index contributed by atoms with van der Waals surface area (Å²) in [6, 6.07) is 7.41. The summed E-state index contributed by atoms with van der Waals surface area (Å²) in [6.07, 6.45) is 4.73. The second-order valence-corrected chi connectivity index (χ2v) is 4.75. The van der Waals surface area contributed by atoms with E-state index in [0.717, 1.165) is 0 Å². The molecule has 0 saturated carbocycles. The van der Waals surface area contributed by atoms with Gasteiger partial charge in [-0.2, -0.15) is 0 Å². The molecule has 1 nitrogen and oxygen atoms in total. The maximum Gasteiger partial charge on any atom is 0.0323 e. The summed E-state index contributed by atoms with van der Waals surface area (Å²) in [5.41, 5.74) is 2.91. The van der Waals surface area contributed by atoms with E-state index in [9.17, 15) is 0 Å². The molecule has 0 spiro atoms. The third-order valence-corrected chi connectivity index (χ3v) is 3.64. The van der Waals surface area contributed by atoms with Crippen molar-refractivity contribution in [2.24, 2.45) is 0 Å². The van der Waals surface area contributed by atoms with Gasteiger partial charge in [-0.1, -0.05) is 6.07 Å². The average molecular weight is 207 g/mol. The summed E-state index contributed by atoms with van der Waals surface area (Å²) in [5.74, 6) is 0. The molecule has 0 bridgehead atoms. The predicted molar refractivity (Wildman–Crippen MR) is 62.9 cm³/mol. The zero-order chi connectivity index (χ0) is 9.97. The molecular weight excluding hydrogens is 190 g/mol. The number of rotatable bonds is 2. The molecule has 0 aliphatic carbocycles. The lowest BCUT2D eigenvalue weighted by molar-refractivity contribution is 0.643. The minimum atomic E-state index is 0.603. The van der Waals surface area contributed by atoms with Crippen LogP contribution in [0.25, 0.3) is 0 Å². The Balaban J connectivity index is 2.25. The monoisotopic (exact) mass is 207 g/mol. The first-order valence-corrected chi connectivity index (χ1v) is 6.41. The molecule has 1 N–H and O–H groups in total. The predicted octanol–water partition coefficient (Wildman–Crippen LogP) is 3.14. The van der Waals surface area contributed by atoms with Gasteiger partial charge in [0.1, 0.15) is 0 Å². The molecule has 1 aromatic carbocycles. The Morgan fingerprint density at radius 2 is 2.29 bits per heavy atom. The van der Waals surface area contributed by atoms with Crippen LogP contribution in [0, 0.1) is 6.92 Å². The minimum absolute atomic E-state index is 0.603. The number of thioether (sulfide) groups is 1. The van der Waals surface area contributed by atoms with E-state index in [2.05, 4.69) is 36.7 Å². The lowest BCUT2D eigenvalue weighted by Gasteiger charge is -2.14. The maximum absolute atomic E-state index is 3.54. The van der Waals surface area contributed by atoms with Gasteiger partial charge in [0.25, 0.3) is 0 Å². The molecule has 2 heteroatoms. The second-order valence-electron chi connectivity index (χ2n) is 3.87. The number of hydrogen-bond donors (Lipinski definition) is 1. The maximum atomic E-state index is 3.54. The molecule has 1 heterocycles. The van der Waals surface area contributed by atoms with Crippen LogP contribution in [0.3, 0.4) is 0 Å². The van der Waals surface area contributed by atoms with Gasteiger partial charge in [-0.25, -0.2) is 0 Å². The number of hydrogen-bond acceptors (Lipinski definition) is 2. The van der Waals surface area contributed by atoms with E-state index in [1.165, 1.54) is 35.4 Å². The van der Waals surface area contributed by atoms with Crippen LogP contribution in [-0.4, -0.2) is 12.8 Å². The van der Waals surface area contributed by atoms with E-state index in [-0.39, 0.29) is 0 Å². The Morgan fingerprint density at radius 3 is 2.86 bits per heavy atom. The van der Waals surface area contributed by atoms with Crippen LogP contribution in [0.15, 0.2) is 23.1 Å². The normalized spacial score (nSPS) is 21.4. The van der Waals surface area contributed by atoms with Crippen LogP contribution < -0.4 is 5.32 Å². The summed E-state index contributed by atoms with van der Waals surface area (Å²) in [7, 11) is 0. The Morgan fingerprint density at radius 1 is 1.43 bits per heavy atom. The number of aryl methyl sites for hydroxylation is 1. The van der Waals surface area contributed by atoms with Crippen molar-refractivity contribution in [3.05, 3.63) is 29.3 Å². The van der Waals surface area contributed by atoms with Crippen molar-refractivity contribution in [1.29, 1.82) is 0 Å². The van der Waals surface area contributed by atoms with Crippen molar-refractivity contribution in [3.63, 3.8) is 0 Å². The standard InChI is InChI=1S/C12H17NS/c1-9-8-10(14-2)5-6-11(9)12-4-3-7-13-12/h5-6,8,12-13H,3-4,7H2,1-2H3. The molecule has 1 fully saturated rings. The van der Waals surface area contributed by atoms with Crippen LogP contribution in [-0.2, 0) is 0 Å². The SMILES string of the molecule is CSc1ccc(C2CCCN2)c(C)c1. The van der Waals surface area contributed by atoms with Crippen LogP contribution in [0.4, 0.5) is 0 Å². The Bertz CT molecular complexity index is 316. The summed E-state index contributed by atoms with van der Waals surface area (Å²) in [6.45, 7) is 3.39. The molecule has 14 heavy (non-hydrogen) atoms. The smallest absolute Gasteiger partial charge is 0.0323 e. The zero-order valence-electron chi connectivity index (χ0n) is 8.84. The van der Waals surface area contributed by atoms with Gasteiger partial charge in [0.05, 0.1) is 0 Å². The first-order chi connectivity index (χ1) is 6.81. The zero-order valence-corrected chi connectivity index (χ0v) is 9.66. The molecule has 2 rings (SSSR count). The molecule has 1 aliphatic rings. The first-order valence-electron chi connectivity index (χ1n) is 5.19. The highest BCUT2D eigenvalue weighted by atomic mass is 32.2. The van der Waals surface area contributed by atoms with Gasteiger partial charge in [0, 0.05) is 10.9 Å². The second kappa shape index (κ2) is 4.37. The summed E-state index contributed by atoms with van der Waals surface area (Å²) >= 11 is 1.81. The van der Waals surface area contributed by atoms with Gasteiger partial charge in [0.15, 0.2) is 0 Å². The van der Waals surface area contributed by atoms with Crippen molar-refractivity contribution >= 4 is 11.8 Å². The fraction of sp³-hybridized carbons (Fsp3) is 0.500. The summed E-state index contributed by atoms with van der Waals surface area (Å²) in [4.78, 5) is 1.37. The van der Waals surface area contributed by atoms with E-state index in [1.807, 2.05) is 11.8 Å². The van der Waals surface area contributed by atoms with E-state index < -0.39 is 0 Å². The fourth-order valence-corrected chi connectivity index (χ4v) is 2.61. The quantitative estimate of drug-likeness (QED) is 0.748. The highest BCUT2D eigenvalue weighted by Crippen LogP contribution is 2.28. The molecule has 76 valence electrons. The summed E-state index contributed by atoms with van der Waals surface area (Å²) in [5, 5.41) is 3.54. The third kappa shape index (κ3) is 1.96. The molecule has 1 saturated heterocycles. The molecule has 0 aromatic heterocycles. The van der Waals surface area contributed by atoms with E-state index in [0.29, 0.717) is 6.04 Å². The Labute approximate surface area is 90.3 Å². The largest absolute Gasteiger partial charge is 0.310 e. The van der Waals surface area contributed by atoms with E-state index in [1.54, 1.807) is 0 Å². The van der Waals surface area contributed by atoms with Gasteiger partial charge < -0.3 is 5.32 Å². The first kappa shape index (κ1) is 10.1. The van der Waals surface area contributed by atoms with E-state index in [4.69, 9.17) is 0 Å². The van der Waals surface area contributed by atoms with Gasteiger partial charge in [-0.05, 0) is 55.8 Å². The lowest BCUT2D eigenvalue weighted by atomic mass is 10.0. The van der Waals surface area contributed by atoms with Crippen molar-refractivity contribution in [3.8, 4) is 0 Å². The molecule has 1 aliphatic heterocycles. The molecule has 1 atom stereocenters. The van der Waals surface area contributed by atoms with Gasteiger partial charge in [-0.3, -0.25) is 0 Å². The Kier molecular flexibility index (Phi) is 3.14. The molecule has 1 unspecified atom stereocenters. The van der Waals surface area contributed by atoms with Crippen LogP contribution in [0.5, 0.6) is 0 Å². The molecule has 0 radical (unpaired) electrons. The van der Waals surface area contributed by atoms with Crippen molar-refractivity contribution in [2.45, 2.75) is 30.7 Å². The fourth-order valence-electron chi connectivity index (χ4n) is 2.12. The lowest BCUT2D eigenvalue weighted by Crippen LogP contribution is -2.13. The molecular formula is C12H17NS. The molecule has 1 aromatic rings. The topological polar surface area (TPSA) is 12.0 Å². The van der Waals surface area contributed by atoms with Gasteiger partial charge >= 0.3 is 0 Å². The average Bonchev–Trinajstić information content (AvgIpc) is 2.70. The third-order valence-electron chi connectivity index (χ3n) is 2.91. The van der Waals surface area contributed by atoms with Crippen LogP contribution in [0.2, 0.25) is 0 Å². The Hall–Kier alpha value is -0.470. The van der Waals surface area contributed by atoms with Crippen molar-refractivity contribution < 1.29 is 0 Å². The minimum Gasteiger partial charge on any atom is -0.310 e. The number of benzene rings is 1. The highest BCUT2D eigenvalue weighted by Gasteiger charge is 2.17.